The first kappa shape index (κ1) is 17.3. The van der Waals surface area contributed by atoms with Gasteiger partial charge in [-0.1, -0.05) is 64.5 Å². The number of hydrogen-bond donors (Lipinski definition) is 0. The van der Waals surface area contributed by atoms with E-state index in [1.165, 1.54) is 0 Å². The maximum absolute atomic E-state index is 5.95. The third kappa shape index (κ3) is 5.99. The average Bonchev–Trinajstić information content (AvgIpc) is 2.55. The molecule has 2 aromatic rings. The van der Waals surface area contributed by atoms with Crippen LogP contribution in [0.5, 0.6) is 5.75 Å². The van der Waals surface area contributed by atoms with Crippen molar-refractivity contribution in [1.29, 1.82) is 0 Å². The molecule has 1 atom stereocenters. The molecule has 1 unspecified atom stereocenters. The average molecular weight is 384 g/mol. The molecule has 4 heteroatoms. The van der Waals surface area contributed by atoms with E-state index in [1.807, 2.05) is 36.4 Å². The van der Waals surface area contributed by atoms with E-state index >= 15 is 0 Å². The van der Waals surface area contributed by atoms with Gasteiger partial charge in [0.25, 0.3) is 0 Å². The SMILES string of the molecule is ClCCCOC(Br)Cc1ccccc1OCc1ccccc1. The maximum Gasteiger partial charge on any atom is 0.123 e. The van der Waals surface area contributed by atoms with Crippen LogP contribution in [0.3, 0.4) is 0 Å². The molecule has 0 N–H and O–H groups in total. The van der Waals surface area contributed by atoms with Gasteiger partial charge in [-0.25, -0.2) is 0 Å². The van der Waals surface area contributed by atoms with E-state index in [0.29, 0.717) is 19.1 Å². The summed E-state index contributed by atoms with van der Waals surface area (Å²) in [5.74, 6) is 1.52. The minimum Gasteiger partial charge on any atom is -0.489 e. The summed E-state index contributed by atoms with van der Waals surface area (Å²) in [4.78, 5) is 0. The standard InChI is InChI=1S/C18H20BrClO2/c19-18(21-12-6-11-20)13-16-9-4-5-10-17(16)22-14-15-7-2-1-3-8-15/h1-5,7-10,18H,6,11-14H2. The lowest BCUT2D eigenvalue weighted by Crippen LogP contribution is -2.10. The fourth-order valence-electron chi connectivity index (χ4n) is 2.05. The predicted octanol–water partition coefficient (Wildman–Crippen LogP) is 5.17. The molecule has 0 aliphatic heterocycles. The van der Waals surface area contributed by atoms with Gasteiger partial charge in [0.15, 0.2) is 0 Å². The zero-order valence-corrected chi connectivity index (χ0v) is 14.7. The summed E-state index contributed by atoms with van der Waals surface area (Å²) in [5.41, 5.74) is 2.29. The lowest BCUT2D eigenvalue weighted by atomic mass is 10.1. The van der Waals surface area contributed by atoms with Gasteiger partial charge in [0.2, 0.25) is 0 Å². The highest BCUT2D eigenvalue weighted by Crippen LogP contribution is 2.23. The first-order valence-electron chi connectivity index (χ1n) is 7.36. The minimum atomic E-state index is -0.0304. The smallest absolute Gasteiger partial charge is 0.123 e. The fourth-order valence-corrected chi connectivity index (χ4v) is 2.69. The van der Waals surface area contributed by atoms with Gasteiger partial charge in [0.05, 0.1) is 0 Å². The van der Waals surface area contributed by atoms with Gasteiger partial charge < -0.3 is 9.47 Å². The number of hydrogen-bond acceptors (Lipinski definition) is 2. The van der Waals surface area contributed by atoms with E-state index in [2.05, 4.69) is 34.1 Å². The van der Waals surface area contributed by atoms with E-state index < -0.39 is 0 Å². The van der Waals surface area contributed by atoms with Crippen LogP contribution in [-0.2, 0) is 17.8 Å². The highest BCUT2D eigenvalue weighted by Gasteiger charge is 2.10. The number of benzene rings is 2. The molecule has 0 radical (unpaired) electrons. The number of rotatable bonds is 9. The Kier molecular flexibility index (Phi) is 7.78. The van der Waals surface area contributed by atoms with Crippen molar-refractivity contribution in [3.8, 4) is 5.75 Å². The van der Waals surface area contributed by atoms with Crippen molar-refractivity contribution in [2.24, 2.45) is 0 Å². The van der Waals surface area contributed by atoms with Gasteiger partial charge in [-0.2, -0.15) is 0 Å². The van der Waals surface area contributed by atoms with E-state index in [0.717, 1.165) is 29.7 Å². The number of ether oxygens (including phenoxy) is 2. The predicted molar refractivity (Wildman–Crippen MR) is 94.9 cm³/mol. The van der Waals surface area contributed by atoms with Crippen molar-refractivity contribution in [3.05, 3.63) is 65.7 Å². The Balaban J connectivity index is 1.91. The van der Waals surface area contributed by atoms with Crippen LogP contribution >= 0.6 is 27.5 Å². The van der Waals surface area contributed by atoms with Crippen molar-refractivity contribution < 1.29 is 9.47 Å². The van der Waals surface area contributed by atoms with Gasteiger partial charge in [0, 0.05) is 18.9 Å². The summed E-state index contributed by atoms with van der Waals surface area (Å²) in [6, 6.07) is 18.2. The van der Waals surface area contributed by atoms with Crippen molar-refractivity contribution in [3.63, 3.8) is 0 Å². The van der Waals surface area contributed by atoms with Crippen molar-refractivity contribution >= 4 is 27.5 Å². The molecule has 0 heterocycles. The van der Waals surface area contributed by atoms with Crippen molar-refractivity contribution in [2.45, 2.75) is 24.5 Å². The van der Waals surface area contributed by atoms with Crippen molar-refractivity contribution in [1.82, 2.24) is 0 Å². The fraction of sp³-hybridized carbons (Fsp3) is 0.333. The second-order valence-corrected chi connectivity index (χ2v) is 6.31. The van der Waals surface area contributed by atoms with E-state index in [9.17, 15) is 0 Å². The molecule has 118 valence electrons. The third-order valence-corrected chi connectivity index (χ3v) is 4.02. The van der Waals surface area contributed by atoms with Gasteiger partial charge >= 0.3 is 0 Å². The lowest BCUT2D eigenvalue weighted by molar-refractivity contribution is 0.117. The van der Waals surface area contributed by atoms with Crippen LogP contribution < -0.4 is 4.74 Å². The molecule has 22 heavy (non-hydrogen) atoms. The Bertz CT molecular complexity index is 548. The quantitative estimate of drug-likeness (QED) is 0.439. The monoisotopic (exact) mass is 382 g/mol. The summed E-state index contributed by atoms with van der Waals surface area (Å²) < 4.78 is 11.6. The van der Waals surface area contributed by atoms with Crippen LogP contribution in [0, 0.1) is 0 Å². The zero-order valence-electron chi connectivity index (χ0n) is 12.4. The summed E-state index contributed by atoms with van der Waals surface area (Å²) >= 11 is 9.21. The molecule has 0 aromatic heterocycles. The molecule has 0 bridgehead atoms. The molecule has 0 aliphatic carbocycles. The van der Waals surface area contributed by atoms with Crippen LogP contribution in [0.4, 0.5) is 0 Å². The third-order valence-electron chi connectivity index (χ3n) is 3.17. The van der Waals surface area contributed by atoms with Gasteiger partial charge in [-0.3, -0.25) is 0 Å². The maximum atomic E-state index is 5.95. The Hall–Kier alpha value is -1.03. The van der Waals surface area contributed by atoms with Gasteiger partial charge in [-0.15, -0.1) is 11.6 Å². The Morgan fingerprint density at radius 3 is 2.50 bits per heavy atom. The van der Waals surface area contributed by atoms with Crippen LogP contribution in [0.2, 0.25) is 0 Å². The highest BCUT2D eigenvalue weighted by atomic mass is 79.9. The number of halogens is 2. The molecule has 2 nitrogen and oxygen atoms in total. The van der Waals surface area contributed by atoms with Gasteiger partial charge in [0.1, 0.15) is 17.4 Å². The van der Waals surface area contributed by atoms with Crippen molar-refractivity contribution in [2.75, 3.05) is 12.5 Å². The molecule has 0 fully saturated rings. The topological polar surface area (TPSA) is 18.5 Å². The zero-order chi connectivity index (χ0) is 15.6. The lowest BCUT2D eigenvalue weighted by Gasteiger charge is -2.15. The van der Waals surface area contributed by atoms with E-state index in [-0.39, 0.29) is 5.01 Å². The van der Waals surface area contributed by atoms with Crippen LogP contribution in [0.25, 0.3) is 0 Å². The van der Waals surface area contributed by atoms with E-state index in [4.69, 9.17) is 21.1 Å². The molecule has 2 rings (SSSR count). The van der Waals surface area contributed by atoms with E-state index in [1.54, 1.807) is 0 Å². The molecular weight excluding hydrogens is 364 g/mol. The number of alkyl halides is 2. The van der Waals surface area contributed by atoms with Crippen LogP contribution in [-0.4, -0.2) is 17.5 Å². The minimum absolute atomic E-state index is 0.0304. The molecule has 0 saturated carbocycles. The molecule has 0 saturated heterocycles. The second-order valence-electron chi connectivity index (χ2n) is 4.91. The Labute approximate surface area is 145 Å². The summed E-state index contributed by atoms with van der Waals surface area (Å²) in [6.07, 6.45) is 1.61. The molecule has 0 amide bonds. The summed E-state index contributed by atoms with van der Waals surface area (Å²) in [7, 11) is 0. The molecule has 0 aliphatic rings. The Morgan fingerprint density at radius 1 is 1.00 bits per heavy atom. The summed E-state index contributed by atoms with van der Waals surface area (Å²) in [5, 5.41) is -0.0304. The molecule has 2 aromatic carbocycles. The largest absolute Gasteiger partial charge is 0.489 e. The molecular formula is C18H20BrClO2. The molecule has 0 spiro atoms. The van der Waals surface area contributed by atoms with Crippen LogP contribution in [0.1, 0.15) is 17.5 Å². The number of para-hydroxylation sites is 1. The first-order valence-corrected chi connectivity index (χ1v) is 8.81. The van der Waals surface area contributed by atoms with Crippen LogP contribution in [0.15, 0.2) is 54.6 Å². The second kappa shape index (κ2) is 9.88. The summed E-state index contributed by atoms with van der Waals surface area (Å²) in [6.45, 7) is 1.23. The van der Waals surface area contributed by atoms with Gasteiger partial charge in [-0.05, 0) is 23.6 Å². The Morgan fingerprint density at radius 2 is 1.73 bits per heavy atom. The normalized spacial score (nSPS) is 12.1. The highest BCUT2D eigenvalue weighted by molar-refractivity contribution is 9.09. The first-order chi connectivity index (χ1) is 10.8.